The van der Waals surface area contributed by atoms with Crippen molar-refractivity contribution in [2.24, 2.45) is 0 Å². The van der Waals surface area contributed by atoms with E-state index in [1.807, 2.05) is 6.92 Å². The van der Waals surface area contributed by atoms with Crippen LogP contribution in [0.15, 0.2) is 48.5 Å². The van der Waals surface area contributed by atoms with Crippen molar-refractivity contribution in [2.45, 2.75) is 20.1 Å². The fraction of sp³-hybridized carbons (Fsp3) is 0.208. The molecule has 0 aromatic heterocycles. The topological polar surface area (TPSA) is 77.0 Å². The molecule has 3 aromatic rings. The molecule has 3 rings (SSSR count). The lowest BCUT2D eigenvalue weighted by atomic mass is 10.1. The van der Waals surface area contributed by atoms with Crippen molar-refractivity contribution < 1.29 is 28.5 Å². The minimum absolute atomic E-state index is 0.103. The van der Waals surface area contributed by atoms with Crippen LogP contribution in [0.5, 0.6) is 17.2 Å². The number of ether oxygens (including phenoxy) is 3. The van der Waals surface area contributed by atoms with E-state index >= 15 is 0 Å². The fourth-order valence-corrected chi connectivity index (χ4v) is 3.50. The summed E-state index contributed by atoms with van der Waals surface area (Å²) in [7, 11) is 1.50. The molecular formula is C24H22Cl2FNO5. The Morgan fingerprint density at radius 1 is 0.970 bits per heavy atom. The average molecular weight is 494 g/mol. The number of hydrogen-bond acceptors (Lipinski definition) is 5. The molecule has 0 fully saturated rings. The van der Waals surface area contributed by atoms with E-state index in [9.17, 15) is 14.3 Å². The zero-order chi connectivity index (χ0) is 24.0. The van der Waals surface area contributed by atoms with Gasteiger partial charge in [-0.05, 0) is 48.9 Å². The Kier molecular flexibility index (Phi) is 8.25. The molecule has 0 saturated carbocycles. The lowest BCUT2D eigenvalue weighted by Gasteiger charge is -2.17. The number of hydrogen-bond donors (Lipinski definition) is 2. The maximum atomic E-state index is 13.3. The smallest absolute Gasteiger partial charge is 0.335 e. The van der Waals surface area contributed by atoms with Crippen LogP contribution in [0, 0.1) is 5.82 Å². The molecule has 0 saturated heterocycles. The highest BCUT2D eigenvalue weighted by atomic mass is 35.5. The lowest BCUT2D eigenvalue weighted by Crippen LogP contribution is -2.06. The summed E-state index contributed by atoms with van der Waals surface area (Å²) in [6.45, 7) is 2.63. The molecule has 0 atom stereocenters. The minimum atomic E-state index is -1.04. The van der Waals surface area contributed by atoms with Crippen LogP contribution in [0.25, 0.3) is 0 Å². The minimum Gasteiger partial charge on any atom is -0.495 e. The third-order valence-corrected chi connectivity index (χ3v) is 5.43. The summed E-state index contributed by atoms with van der Waals surface area (Å²) >= 11 is 12.6. The molecule has 0 radical (unpaired) electrons. The number of carboxylic acid groups (broad SMARTS) is 1. The Morgan fingerprint density at radius 2 is 1.70 bits per heavy atom. The predicted octanol–water partition coefficient (Wildman–Crippen LogP) is 6.43. The van der Waals surface area contributed by atoms with Gasteiger partial charge in [-0.25, -0.2) is 9.18 Å². The van der Waals surface area contributed by atoms with E-state index in [2.05, 4.69) is 5.32 Å². The number of benzene rings is 3. The van der Waals surface area contributed by atoms with Crippen molar-refractivity contribution in [3.8, 4) is 17.2 Å². The molecule has 0 unspecified atom stereocenters. The van der Waals surface area contributed by atoms with Gasteiger partial charge in [0.1, 0.15) is 18.2 Å². The van der Waals surface area contributed by atoms with Gasteiger partial charge in [0.25, 0.3) is 0 Å². The summed E-state index contributed by atoms with van der Waals surface area (Å²) in [6, 6.07) is 12.0. The molecule has 9 heteroatoms. The van der Waals surface area contributed by atoms with Gasteiger partial charge in [0.05, 0.1) is 30.0 Å². The Hall–Kier alpha value is -3.16. The molecule has 3 aromatic carbocycles. The highest BCUT2D eigenvalue weighted by Gasteiger charge is 2.14. The third-order valence-electron chi connectivity index (χ3n) is 4.73. The SMILES string of the molecule is CCOc1cc(CNc2cc(C(=O)O)ccc2OC)c(Cl)cc1OCc1ccc(F)cc1Cl. The maximum absolute atomic E-state index is 13.3. The van der Waals surface area contributed by atoms with Crippen molar-refractivity contribution in [1.29, 1.82) is 0 Å². The predicted molar refractivity (Wildman–Crippen MR) is 126 cm³/mol. The van der Waals surface area contributed by atoms with E-state index in [0.29, 0.717) is 45.7 Å². The van der Waals surface area contributed by atoms with Gasteiger partial charge in [0.15, 0.2) is 11.5 Å². The average Bonchev–Trinajstić information content (AvgIpc) is 2.78. The van der Waals surface area contributed by atoms with Crippen molar-refractivity contribution in [2.75, 3.05) is 19.0 Å². The molecule has 0 aliphatic heterocycles. The van der Waals surface area contributed by atoms with Crippen LogP contribution in [0.3, 0.4) is 0 Å². The third kappa shape index (κ3) is 6.21. The first-order valence-electron chi connectivity index (χ1n) is 9.99. The van der Waals surface area contributed by atoms with Crippen LogP contribution < -0.4 is 19.5 Å². The summed E-state index contributed by atoms with van der Waals surface area (Å²) in [6.07, 6.45) is 0. The number of carboxylic acids is 1. The van der Waals surface area contributed by atoms with Gasteiger partial charge in [0, 0.05) is 23.2 Å². The number of halogens is 3. The number of methoxy groups -OCH3 is 1. The first-order chi connectivity index (χ1) is 15.8. The van der Waals surface area contributed by atoms with Gasteiger partial charge in [-0.15, -0.1) is 0 Å². The van der Waals surface area contributed by atoms with Crippen molar-refractivity contribution >= 4 is 34.9 Å². The Balaban J connectivity index is 1.81. The summed E-state index contributed by atoms with van der Waals surface area (Å²) in [5.41, 5.74) is 1.96. The van der Waals surface area contributed by atoms with E-state index < -0.39 is 11.8 Å². The largest absolute Gasteiger partial charge is 0.495 e. The van der Waals surface area contributed by atoms with Gasteiger partial charge >= 0.3 is 5.97 Å². The van der Waals surface area contributed by atoms with E-state index in [0.717, 1.165) is 0 Å². The first kappa shape index (κ1) is 24.5. The molecule has 0 aliphatic rings. The van der Waals surface area contributed by atoms with Crippen molar-refractivity contribution in [3.63, 3.8) is 0 Å². The first-order valence-corrected chi connectivity index (χ1v) is 10.7. The van der Waals surface area contributed by atoms with E-state index in [1.54, 1.807) is 24.3 Å². The van der Waals surface area contributed by atoms with Crippen LogP contribution in [-0.4, -0.2) is 24.8 Å². The molecule has 0 aliphatic carbocycles. The van der Waals surface area contributed by atoms with Crippen LogP contribution in [0.2, 0.25) is 10.0 Å². The zero-order valence-corrected chi connectivity index (χ0v) is 19.5. The highest BCUT2D eigenvalue weighted by molar-refractivity contribution is 6.31. The monoisotopic (exact) mass is 493 g/mol. The molecule has 0 heterocycles. The standard InChI is InChI=1S/C24H22Cl2FNO5/c1-3-32-22-9-16(12-28-20-8-14(24(29)30)5-7-21(20)31-2)19(26)11-23(22)33-13-15-4-6-17(27)10-18(15)25/h4-11,28H,3,12-13H2,1-2H3,(H,29,30). The zero-order valence-electron chi connectivity index (χ0n) is 18.0. The van der Waals surface area contributed by atoms with Crippen molar-refractivity contribution in [1.82, 2.24) is 0 Å². The van der Waals surface area contributed by atoms with E-state index in [1.165, 1.54) is 31.4 Å². The molecule has 33 heavy (non-hydrogen) atoms. The van der Waals surface area contributed by atoms with Gasteiger partial charge in [0.2, 0.25) is 0 Å². The quantitative estimate of drug-likeness (QED) is 0.338. The number of aromatic carboxylic acids is 1. The van der Waals surface area contributed by atoms with E-state index in [-0.39, 0.29) is 23.7 Å². The normalized spacial score (nSPS) is 10.6. The van der Waals surface area contributed by atoms with Crippen LogP contribution >= 0.6 is 23.2 Å². The summed E-state index contributed by atoms with van der Waals surface area (Å²) < 4.78 is 30.1. The van der Waals surface area contributed by atoms with Crippen LogP contribution in [0.1, 0.15) is 28.4 Å². The fourth-order valence-electron chi connectivity index (χ4n) is 3.06. The van der Waals surface area contributed by atoms with Gasteiger partial charge in [-0.3, -0.25) is 0 Å². The maximum Gasteiger partial charge on any atom is 0.335 e. The van der Waals surface area contributed by atoms with Crippen LogP contribution in [0.4, 0.5) is 10.1 Å². The Bertz CT molecular complexity index is 1160. The molecule has 0 bridgehead atoms. The van der Waals surface area contributed by atoms with Gasteiger partial charge in [-0.1, -0.05) is 29.3 Å². The number of anilines is 1. The highest BCUT2D eigenvalue weighted by Crippen LogP contribution is 2.35. The van der Waals surface area contributed by atoms with Crippen LogP contribution in [-0.2, 0) is 13.2 Å². The Morgan fingerprint density at radius 3 is 2.36 bits per heavy atom. The summed E-state index contributed by atoms with van der Waals surface area (Å²) in [5, 5.41) is 13.1. The number of rotatable bonds is 10. The molecule has 174 valence electrons. The summed E-state index contributed by atoms with van der Waals surface area (Å²) in [5.74, 6) is -0.0822. The molecule has 2 N–H and O–H groups in total. The van der Waals surface area contributed by atoms with Gasteiger partial charge in [-0.2, -0.15) is 0 Å². The summed E-state index contributed by atoms with van der Waals surface area (Å²) in [4.78, 5) is 11.3. The van der Waals surface area contributed by atoms with Gasteiger partial charge < -0.3 is 24.6 Å². The molecular weight excluding hydrogens is 472 g/mol. The second kappa shape index (κ2) is 11.1. The number of nitrogens with one attached hydrogen (secondary N) is 1. The van der Waals surface area contributed by atoms with E-state index in [4.69, 9.17) is 37.4 Å². The molecule has 6 nitrogen and oxygen atoms in total. The number of carbonyl (C=O) groups is 1. The Labute approximate surface area is 200 Å². The van der Waals surface area contributed by atoms with Crippen molar-refractivity contribution in [3.05, 3.63) is 81.1 Å². The molecule has 0 amide bonds. The molecule has 0 spiro atoms. The lowest BCUT2D eigenvalue weighted by molar-refractivity contribution is 0.0697. The second-order valence-corrected chi connectivity index (χ2v) is 7.74. The second-order valence-electron chi connectivity index (χ2n) is 6.92.